The number of nitrogens with zero attached hydrogens (tertiary/aromatic N) is 2. The van der Waals surface area contributed by atoms with Gasteiger partial charge in [0.15, 0.2) is 14.7 Å². The monoisotopic (exact) mass is 290 g/mol. The Labute approximate surface area is 105 Å². The maximum atomic E-state index is 12.1. The van der Waals surface area contributed by atoms with Gasteiger partial charge >= 0.3 is 0 Å². The van der Waals surface area contributed by atoms with Crippen molar-refractivity contribution in [2.24, 2.45) is 4.36 Å². The fourth-order valence-corrected chi connectivity index (χ4v) is 3.59. The van der Waals surface area contributed by atoms with Crippen LogP contribution in [0.2, 0.25) is 0 Å². The van der Waals surface area contributed by atoms with E-state index in [1.165, 1.54) is 23.7 Å². The topological polar surface area (TPSA) is 87.4 Å². The minimum atomic E-state index is -3.62. The number of rotatable bonds is 3. The third-order valence-corrected chi connectivity index (χ3v) is 5.28. The zero-order chi connectivity index (χ0) is 13.1. The second-order valence-corrected chi connectivity index (χ2v) is 8.30. The summed E-state index contributed by atoms with van der Waals surface area (Å²) in [5, 5.41) is 12.1. The van der Waals surface area contributed by atoms with E-state index in [2.05, 4.69) is 4.36 Å². The molecule has 0 aromatic carbocycles. The molecule has 0 saturated carbocycles. The molecule has 1 aromatic rings. The average Bonchev–Trinajstić information content (AvgIpc) is 2.69. The molecule has 0 spiro atoms. The fraction of sp³-hybridized carbons (Fsp3) is 0.222. The van der Waals surface area contributed by atoms with Gasteiger partial charge in [-0.3, -0.25) is 0 Å². The number of hydrogen-bond acceptors (Lipinski definition) is 6. The lowest BCUT2D eigenvalue weighted by Crippen LogP contribution is -1.99. The van der Waals surface area contributed by atoms with E-state index in [4.69, 9.17) is 5.26 Å². The highest BCUT2D eigenvalue weighted by Crippen LogP contribution is 2.16. The molecule has 0 fully saturated rings. The fourth-order valence-electron chi connectivity index (χ4n) is 0.884. The molecular weight excluding hydrogens is 280 g/mol. The molecule has 0 amide bonds. The van der Waals surface area contributed by atoms with Gasteiger partial charge in [0.2, 0.25) is 0 Å². The van der Waals surface area contributed by atoms with E-state index in [0.29, 0.717) is 4.90 Å². The number of sulfone groups is 1. The van der Waals surface area contributed by atoms with E-state index >= 15 is 0 Å². The van der Waals surface area contributed by atoms with Crippen molar-refractivity contribution in [2.45, 2.75) is 4.90 Å². The van der Waals surface area contributed by atoms with Crippen molar-refractivity contribution in [1.29, 1.82) is 5.26 Å². The molecule has 0 aliphatic rings. The van der Waals surface area contributed by atoms with Gasteiger partial charge in [-0.25, -0.2) is 17.0 Å². The predicted octanol–water partition coefficient (Wildman–Crippen LogP) is 1.61. The first-order valence-corrected chi connectivity index (χ1v) is 9.07. The first kappa shape index (κ1) is 13.9. The molecule has 0 aliphatic carbocycles. The van der Waals surface area contributed by atoms with E-state index in [1.807, 2.05) is 0 Å². The Hall–Kier alpha value is -1.17. The van der Waals surface area contributed by atoms with Gasteiger partial charge in [-0.1, -0.05) is 0 Å². The van der Waals surface area contributed by atoms with Crippen LogP contribution >= 0.6 is 11.3 Å². The van der Waals surface area contributed by atoms with Gasteiger partial charge in [-0.05, 0) is 11.4 Å². The average molecular weight is 290 g/mol. The van der Waals surface area contributed by atoms with Crippen LogP contribution in [-0.4, -0.2) is 25.1 Å². The third-order valence-electron chi connectivity index (χ3n) is 1.81. The van der Waals surface area contributed by atoms with Crippen LogP contribution in [0.3, 0.4) is 0 Å². The standard InChI is InChI=1S/C9H10N2O3S3/c1-16(12,8-3-4-15-7-8)11-6-9(5-10)17(2,13)14/h3-4,6-7H,1-2H3/b9-6+. The molecule has 1 unspecified atom stereocenters. The third kappa shape index (κ3) is 3.66. The molecule has 1 atom stereocenters. The van der Waals surface area contributed by atoms with Gasteiger partial charge in [0.05, 0.1) is 20.8 Å². The molecule has 5 nitrogen and oxygen atoms in total. The Kier molecular flexibility index (Phi) is 4.08. The van der Waals surface area contributed by atoms with Gasteiger partial charge in [0, 0.05) is 17.9 Å². The molecule has 92 valence electrons. The van der Waals surface area contributed by atoms with Crippen LogP contribution in [0.25, 0.3) is 0 Å². The Morgan fingerprint density at radius 1 is 1.47 bits per heavy atom. The zero-order valence-corrected chi connectivity index (χ0v) is 11.6. The maximum Gasteiger partial charge on any atom is 0.187 e. The summed E-state index contributed by atoms with van der Waals surface area (Å²) in [6.45, 7) is 0. The van der Waals surface area contributed by atoms with Crippen molar-refractivity contribution in [3.63, 3.8) is 0 Å². The second-order valence-electron chi connectivity index (χ2n) is 3.24. The Balaban J connectivity index is 3.28. The maximum absolute atomic E-state index is 12.1. The quantitative estimate of drug-likeness (QED) is 0.791. The summed E-state index contributed by atoms with van der Waals surface area (Å²) < 4.78 is 38.0. The van der Waals surface area contributed by atoms with Crippen LogP contribution < -0.4 is 0 Å². The summed E-state index contributed by atoms with van der Waals surface area (Å²) in [6.07, 6.45) is 3.15. The van der Waals surface area contributed by atoms with Crippen molar-refractivity contribution in [3.05, 3.63) is 27.9 Å². The smallest absolute Gasteiger partial charge is 0.187 e. The highest BCUT2D eigenvalue weighted by molar-refractivity contribution is 7.95. The van der Waals surface area contributed by atoms with Gasteiger partial charge in [-0.15, -0.1) is 0 Å². The van der Waals surface area contributed by atoms with Crippen molar-refractivity contribution >= 4 is 30.9 Å². The van der Waals surface area contributed by atoms with Crippen LogP contribution in [0, 0.1) is 11.3 Å². The molecule has 0 aliphatic heterocycles. The van der Waals surface area contributed by atoms with Crippen molar-refractivity contribution in [1.82, 2.24) is 0 Å². The lowest BCUT2D eigenvalue weighted by atomic mass is 10.7. The summed E-state index contributed by atoms with van der Waals surface area (Å²) in [6, 6.07) is 3.17. The summed E-state index contributed by atoms with van der Waals surface area (Å²) in [7, 11) is -6.31. The van der Waals surface area contributed by atoms with E-state index in [1.54, 1.807) is 16.8 Å². The first-order valence-electron chi connectivity index (χ1n) is 4.31. The van der Waals surface area contributed by atoms with Crippen LogP contribution in [0.5, 0.6) is 0 Å². The van der Waals surface area contributed by atoms with E-state index in [9.17, 15) is 12.6 Å². The van der Waals surface area contributed by atoms with Crippen molar-refractivity contribution < 1.29 is 12.6 Å². The predicted molar refractivity (Wildman–Crippen MR) is 67.6 cm³/mol. The summed E-state index contributed by atoms with van der Waals surface area (Å²) >= 11 is 1.37. The van der Waals surface area contributed by atoms with Gasteiger partial charge < -0.3 is 0 Å². The molecule has 0 saturated heterocycles. The molecule has 8 heteroatoms. The molecule has 0 bridgehead atoms. The van der Waals surface area contributed by atoms with Gasteiger partial charge in [-0.2, -0.15) is 16.6 Å². The molecule has 0 radical (unpaired) electrons. The molecular formula is C9H10N2O3S3. The second kappa shape index (κ2) is 5.00. The van der Waals surface area contributed by atoms with E-state index < -0.39 is 24.5 Å². The van der Waals surface area contributed by atoms with Crippen LogP contribution in [0.4, 0.5) is 0 Å². The molecule has 1 aromatic heterocycles. The van der Waals surface area contributed by atoms with Crippen LogP contribution in [0.1, 0.15) is 0 Å². The van der Waals surface area contributed by atoms with Crippen LogP contribution in [-0.2, 0) is 19.6 Å². The highest BCUT2D eigenvalue weighted by atomic mass is 32.2. The number of nitriles is 1. The van der Waals surface area contributed by atoms with Crippen molar-refractivity contribution in [3.8, 4) is 6.07 Å². The van der Waals surface area contributed by atoms with Crippen LogP contribution in [0.15, 0.2) is 37.2 Å². The first-order chi connectivity index (χ1) is 7.77. The summed E-state index contributed by atoms with van der Waals surface area (Å²) in [4.78, 5) is 0.0202. The largest absolute Gasteiger partial charge is 0.245 e. The molecule has 1 heterocycles. The minimum Gasteiger partial charge on any atom is -0.245 e. The van der Waals surface area contributed by atoms with Gasteiger partial charge in [0.1, 0.15) is 6.07 Å². The van der Waals surface area contributed by atoms with E-state index in [-0.39, 0.29) is 0 Å². The van der Waals surface area contributed by atoms with E-state index in [0.717, 1.165) is 12.5 Å². The lowest BCUT2D eigenvalue weighted by Gasteiger charge is -1.98. The normalized spacial score (nSPS) is 15.9. The number of hydrogen-bond donors (Lipinski definition) is 0. The summed E-state index contributed by atoms with van der Waals surface area (Å²) in [5.41, 5.74) is 0. The Morgan fingerprint density at radius 2 is 2.12 bits per heavy atom. The summed E-state index contributed by atoms with van der Waals surface area (Å²) in [5.74, 6) is 0. The van der Waals surface area contributed by atoms with Gasteiger partial charge in [0.25, 0.3) is 0 Å². The molecule has 17 heavy (non-hydrogen) atoms. The number of allylic oxidation sites excluding steroid dienone is 1. The zero-order valence-electron chi connectivity index (χ0n) is 9.15. The lowest BCUT2D eigenvalue weighted by molar-refractivity contribution is 0.608. The highest BCUT2D eigenvalue weighted by Gasteiger charge is 2.11. The Morgan fingerprint density at radius 3 is 2.53 bits per heavy atom. The minimum absolute atomic E-state index is 0.498. The van der Waals surface area contributed by atoms with Crippen molar-refractivity contribution in [2.75, 3.05) is 12.5 Å². The molecule has 0 N–H and O–H groups in total. The Bertz CT molecular complexity index is 684. The SMILES string of the molecule is CS(=O)(=O)/C(C#N)=C/N=S(C)(=O)c1ccsc1. The number of thiophene rings is 1. The molecule has 1 rings (SSSR count).